The fraction of sp³-hybridized carbons (Fsp3) is 0.333. The normalized spacial score (nSPS) is 23.8. The van der Waals surface area contributed by atoms with Crippen LogP contribution < -0.4 is 0 Å². The molecule has 2 aliphatic heterocycles. The molecule has 2 fully saturated rings. The van der Waals surface area contributed by atoms with E-state index >= 15 is 0 Å². The highest BCUT2D eigenvalue weighted by Gasteiger charge is 2.60. The molecule has 9 nitrogen and oxygen atoms in total. The second-order valence-electron chi connectivity index (χ2n) is 8.04. The maximum Gasteiger partial charge on any atom is 0.253 e. The third-order valence-electron chi connectivity index (χ3n) is 6.11. The molecular formula is C21H21N5O4S. The predicted molar refractivity (Wildman–Crippen MR) is 110 cm³/mol. The monoisotopic (exact) mass is 439 g/mol. The van der Waals surface area contributed by atoms with Gasteiger partial charge in [0.05, 0.1) is 5.41 Å². The van der Waals surface area contributed by atoms with Crippen LogP contribution in [0.1, 0.15) is 22.1 Å². The smallest absolute Gasteiger partial charge is 0.253 e. The van der Waals surface area contributed by atoms with Crippen LogP contribution in [0.25, 0.3) is 0 Å². The quantitative estimate of drug-likeness (QED) is 0.606. The molecule has 0 unspecified atom stereocenters. The number of carbonyl (C=O) groups is 1. The highest BCUT2D eigenvalue weighted by atomic mass is 32.2. The molecule has 2 aromatic heterocycles. The minimum absolute atomic E-state index is 0.0905. The molecule has 1 amide bonds. The van der Waals surface area contributed by atoms with Crippen LogP contribution in [0.3, 0.4) is 0 Å². The van der Waals surface area contributed by atoms with Gasteiger partial charge < -0.3 is 9.42 Å². The second kappa shape index (κ2) is 7.24. The Hall–Kier alpha value is -3.11. The average molecular weight is 439 g/mol. The molecule has 0 saturated carbocycles. The molecule has 5 rings (SSSR count). The number of fused-ring (bicyclic) bond motifs is 1. The minimum Gasteiger partial charge on any atom is -0.339 e. The van der Waals surface area contributed by atoms with E-state index < -0.39 is 15.4 Å². The number of benzene rings is 1. The van der Waals surface area contributed by atoms with Gasteiger partial charge >= 0.3 is 0 Å². The van der Waals surface area contributed by atoms with E-state index in [9.17, 15) is 13.2 Å². The first-order valence-electron chi connectivity index (χ1n) is 9.95. The lowest BCUT2D eigenvalue weighted by Gasteiger charge is -2.26. The molecule has 31 heavy (non-hydrogen) atoms. The van der Waals surface area contributed by atoms with Crippen molar-refractivity contribution in [3.8, 4) is 0 Å². The first kappa shape index (κ1) is 19.8. The van der Waals surface area contributed by atoms with Crippen LogP contribution in [-0.2, 0) is 15.4 Å². The SMILES string of the molecule is Cc1noc([C@@]23CN(C(=O)c4ccccc4)C[C@@H]2CN(S(=O)(=O)c2cccnc2)C3)n1. The largest absolute Gasteiger partial charge is 0.339 e. The third kappa shape index (κ3) is 3.22. The Morgan fingerprint density at radius 1 is 1.13 bits per heavy atom. The first-order valence-corrected chi connectivity index (χ1v) is 11.4. The van der Waals surface area contributed by atoms with Crippen molar-refractivity contribution in [2.45, 2.75) is 17.2 Å². The van der Waals surface area contributed by atoms with Gasteiger partial charge in [0.1, 0.15) is 4.90 Å². The number of aryl methyl sites for hydroxylation is 1. The summed E-state index contributed by atoms with van der Waals surface area (Å²) in [5.74, 6) is 0.602. The summed E-state index contributed by atoms with van der Waals surface area (Å²) in [5, 5.41) is 3.92. The summed E-state index contributed by atoms with van der Waals surface area (Å²) < 4.78 is 33.4. The molecule has 2 saturated heterocycles. The summed E-state index contributed by atoms with van der Waals surface area (Å²) in [4.78, 5) is 23.4. The van der Waals surface area contributed by atoms with E-state index in [4.69, 9.17) is 4.52 Å². The van der Waals surface area contributed by atoms with Crippen molar-refractivity contribution in [3.63, 3.8) is 0 Å². The topological polar surface area (TPSA) is 110 Å². The highest BCUT2D eigenvalue weighted by Crippen LogP contribution is 2.46. The van der Waals surface area contributed by atoms with Crippen LogP contribution in [0.4, 0.5) is 0 Å². The van der Waals surface area contributed by atoms with Gasteiger partial charge in [-0.2, -0.15) is 9.29 Å². The standard InChI is InChI=1S/C21H21N5O4S/c1-15-23-20(30-24-15)21-13-25(19(27)16-6-3-2-4-7-16)11-17(21)12-26(14-21)31(28,29)18-8-5-9-22-10-18/h2-10,17H,11-14H2,1H3/t17-,21-/m1/s1. The first-order chi connectivity index (χ1) is 14.9. The third-order valence-corrected chi connectivity index (χ3v) is 7.91. The lowest BCUT2D eigenvalue weighted by molar-refractivity contribution is 0.0773. The Kier molecular flexibility index (Phi) is 4.63. The van der Waals surface area contributed by atoms with E-state index in [1.165, 1.54) is 22.8 Å². The molecule has 2 aliphatic rings. The van der Waals surface area contributed by atoms with Crippen LogP contribution >= 0.6 is 0 Å². The number of likely N-dealkylation sites (tertiary alicyclic amines) is 1. The van der Waals surface area contributed by atoms with Gasteiger partial charge in [-0.15, -0.1) is 0 Å². The van der Waals surface area contributed by atoms with Crippen molar-refractivity contribution >= 4 is 15.9 Å². The number of rotatable bonds is 4. The minimum atomic E-state index is -3.73. The van der Waals surface area contributed by atoms with Crippen LogP contribution in [0.15, 0.2) is 64.3 Å². The average Bonchev–Trinajstić information content (AvgIpc) is 3.47. The van der Waals surface area contributed by atoms with Gasteiger partial charge in [0.15, 0.2) is 5.82 Å². The summed E-state index contributed by atoms with van der Waals surface area (Å²) in [5.41, 5.74) is -0.153. The Morgan fingerprint density at radius 2 is 1.94 bits per heavy atom. The molecule has 160 valence electrons. The Morgan fingerprint density at radius 3 is 2.61 bits per heavy atom. The van der Waals surface area contributed by atoms with Crippen LogP contribution in [0.2, 0.25) is 0 Å². The van der Waals surface area contributed by atoms with Gasteiger partial charge in [-0.3, -0.25) is 9.78 Å². The molecule has 0 spiro atoms. The van der Waals surface area contributed by atoms with E-state index in [-0.39, 0.29) is 29.8 Å². The number of aromatic nitrogens is 3. The van der Waals surface area contributed by atoms with Crippen LogP contribution in [-0.4, -0.2) is 64.8 Å². The lowest BCUT2D eigenvalue weighted by Crippen LogP contribution is -2.41. The summed E-state index contributed by atoms with van der Waals surface area (Å²) in [7, 11) is -3.73. The van der Waals surface area contributed by atoms with Gasteiger partial charge in [0.25, 0.3) is 5.91 Å². The van der Waals surface area contributed by atoms with Crippen molar-refractivity contribution in [1.82, 2.24) is 24.3 Å². The van der Waals surface area contributed by atoms with Crippen molar-refractivity contribution in [2.75, 3.05) is 26.2 Å². The van der Waals surface area contributed by atoms with Crippen molar-refractivity contribution in [1.29, 1.82) is 0 Å². The van der Waals surface area contributed by atoms with E-state index in [0.29, 0.717) is 30.4 Å². The van der Waals surface area contributed by atoms with Crippen LogP contribution in [0, 0.1) is 12.8 Å². The van der Waals surface area contributed by atoms with E-state index in [1.54, 1.807) is 30.0 Å². The molecule has 3 aromatic rings. The highest BCUT2D eigenvalue weighted by molar-refractivity contribution is 7.89. The number of hydrogen-bond acceptors (Lipinski definition) is 7. The second-order valence-corrected chi connectivity index (χ2v) is 9.98. The predicted octanol–water partition coefficient (Wildman–Crippen LogP) is 1.49. The van der Waals surface area contributed by atoms with E-state index in [0.717, 1.165) is 0 Å². The number of pyridine rings is 1. The number of amides is 1. The molecule has 0 radical (unpaired) electrons. The molecule has 10 heteroatoms. The lowest BCUT2D eigenvalue weighted by atomic mass is 9.81. The Bertz CT molecular complexity index is 1210. The summed E-state index contributed by atoms with van der Waals surface area (Å²) >= 11 is 0. The molecule has 0 aliphatic carbocycles. The fourth-order valence-electron chi connectivity index (χ4n) is 4.57. The van der Waals surface area contributed by atoms with Crippen LogP contribution in [0.5, 0.6) is 0 Å². The zero-order valence-electron chi connectivity index (χ0n) is 16.9. The van der Waals surface area contributed by atoms with Crippen molar-refractivity contribution < 1.29 is 17.7 Å². The molecule has 0 bridgehead atoms. The molecular weight excluding hydrogens is 418 g/mol. The number of sulfonamides is 1. The van der Waals surface area contributed by atoms with Crippen molar-refractivity contribution in [2.24, 2.45) is 5.92 Å². The van der Waals surface area contributed by atoms with E-state index in [1.807, 2.05) is 18.2 Å². The summed E-state index contributed by atoms with van der Waals surface area (Å²) in [6.45, 7) is 2.87. The van der Waals surface area contributed by atoms with Crippen molar-refractivity contribution in [3.05, 3.63) is 72.1 Å². The van der Waals surface area contributed by atoms with E-state index in [2.05, 4.69) is 15.1 Å². The molecule has 0 N–H and O–H groups in total. The number of nitrogens with zero attached hydrogens (tertiary/aromatic N) is 5. The number of hydrogen-bond donors (Lipinski definition) is 0. The van der Waals surface area contributed by atoms with Gasteiger partial charge in [-0.1, -0.05) is 23.4 Å². The van der Waals surface area contributed by atoms with Gasteiger partial charge in [0.2, 0.25) is 15.9 Å². The zero-order chi connectivity index (χ0) is 21.6. The fourth-order valence-corrected chi connectivity index (χ4v) is 6.09. The van der Waals surface area contributed by atoms with Gasteiger partial charge in [-0.05, 0) is 31.2 Å². The Labute approximate surface area is 179 Å². The Balaban J connectivity index is 1.49. The summed E-state index contributed by atoms with van der Waals surface area (Å²) in [6.07, 6.45) is 2.88. The summed E-state index contributed by atoms with van der Waals surface area (Å²) in [6, 6.07) is 12.2. The van der Waals surface area contributed by atoms with Gasteiger partial charge in [-0.25, -0.2) is 8.42 Å². The van der Waals surface area contributed by atoms with Gasteiger partial charge in [0, 0.05) is 50.1 Å². The maximum atomic E-state index is 13.2. The molecule has 2 atom stereocenters. The maximum absolute atomic E-state index is 13.2. The zero-order valence-corrected chi connectivity index (χ0v) is 17.7. The number of carbonyl (C=O) groups excluding carboxylic acids is 1. The molecule has 4 heterocycles. The molecule has 1 aromatic carbocycles.